The average Bonchev–Trinajstić information content (AvgIpc) is 3.56. The van der Waals surface area contributed by atoms with E-state index < -0.39 is 23.4 Å². The summed E-state index contributed by atoms with van der Waals surface area (Å²) in [6.45, 7) is 0. The van der Waals surface area contributed by atoms with Crippen molar-refractivity contribution in [3.63, 3.8) is 0 Å². The number of alkyl halides is 3. The van der Waals surface area contributed by atoms with Crippen LogP contribution in [0.25, 0.3) is 16.7 Å². The molecule has 4 aromatic rings. The van der Waals surface area contributed by atoms with Crippen molar-refractivity contribution in [2.45, 2.75) is 24.9 Å². The highest BCUT2D eigenvalue weighted by Gasteiger charge is 2.32. The molecule has 6 nitrogen and oxygen atoms in total. The molecule has 0 saturated heterocycles. The molecule has 1 fully saturated rings. The Morgan fingerprint density at radius 2 is 1.73 bits per heavy atom. The second-order valence-electron chi connectivity index (χ2n) is 7.57. The Morgan fingerprint density at radius 1 is 1.03 bits per heavy atom. The van der Waals surface area contributed by atoms with E-state index in [4.69, 9.17) is 0 Å². The summed E-state index contributed by atoms with van der Waals surface area (Å²) in [6.07, 6.45) is -1.42. The SMILES string of the molecule is N#Cc1nc(Nc2ccc(C(F)(F)F)cc2)ncc1-n1c(C2CC2)nc2cc(F)c(F)cc21. The number of rotatable bonds is 4. The fourth-order valence-electron chi connectivity index (χ4n) is 3.51. The third-order valence-corrected chi connectivity index (χ3v) is 5.25. The van der Waals surface area contributed by atoms with E-state index >= 15 is 0 Å². The minimum atomic E-state index is -4.46. The number of hydrogen-bond donors (Lipinski definition) is 1. The molecular weight excluding hydrogens is 443 g/mol. The lowest BCUT2D eigenvalue weighted by atomic mass is 10.2. The molecule has 1 saturated carbocycles. The number of anilines is 2. The molecule has 0 unspecified atom stereocenters. The number of nitriles is 1. The van der Waals surface area contributed by atoms with Crippen LogP contribution in [0.4, 0.5) is 33.6 Å². The second kappa shape index (κ2) is 7.51. The Kier molecular flexibility index (Phi) is 4.74. The van der Waals surface area contributed by atoms with Gasteiger partial charge in [0, 0.05) is 23.7 Å². The van der Waals surface area contributed by atoms with Gasteiger partial charge >= 0.3 is 6.18 Å². The van der Waals surface area contributed by atoms with E-state index in [1.807, 2.05) is 6.07 Å². The smallest absolute Gasteiger partial charge is 0.324 e. The van der Waals surface area contributed by atoms with Gasteiger partial charge in [0.1, 0.15) is 17.6 Å². The van der Waals surface area contributed by atoms with Gasteiger partial charge in [-0.05, 0) is 37.1 Å². The van der Waals surface area contributed by atoms with Crippen LogP contribution >= 0.6 is 0 Å². The maximum atomic E-state index is 14.0. The van der Waals surface area contributed by atoms with Crippen molar-refractivity contribution in [2.75, 3.05) is 5.32 Å². The number of fused-ring (bicyclic) bond motifs is 1. The lowest BCUT2D eigenvalue weighted by molar-refractivity contribution is -0.137. The molecule has 0 radical (unpaired) electrons. The summed E-state index contributed by atoms with van der Waals surface area (Å²) in [7, 11) is 0. The van der Waals surface area contributed by atoms with E-state index in [-0.39, 0.29) is 34.3 Å². The first kappa shape index (κ1) is 20.8. The highest BCUT2D eigenvalue weighted by molar-refractivity contribution is 5.79. The molecule has 2 heterocycles. The molecule has 1 aliphatic carbocycles. The van der Waals surface area contributed by atoms with Crippen molar-refractivity contribution in [3.8, 4) is 11.8 Å². The highest BCUT2D eigenvalue weighted by atomic mass is 19.4. The number of aromatic nitrogens is 4. The third kappa shape index (κ3) is 3.84. The van der Waals surface area contributed by atoms with E-state index in [9.17, 15) is 27.2 Å². The standard InChI is InChI=1S/C22H13F5N6/c23-14-7-16-18(8-15(14)24)33(20(31-16)11-1-2-11)19-10-29-21(32-17(19)9-28)30-13-5-3-12(4-6-13)22(25,26)27/h3-8,10-11H,1-2H2,(H,29,30,32). The normalized spacial score (nSPS) is 13.8. The monoisotopic (exact) mass is 456 g/mol. The molecule has 0 amide bonds. The predicted octanol–water partition coefficient (Wildman–Crippen LogP) is 5.61. The van der Waals surface area contributed by atoms with Crippen LogP contribution in [0.3, 0.4) is 0 Å². The van der Waals surface area contributed by atoms with Crippen LogP contribution in [0, 0.1) is 23.0 Å². The third-order valence-electron chi connectivity index (χ3n) is 5.25. The fourth-order valence-corrected chi connectivity index (χ4v) is 3.51. The van der Waals surface area contributed by atoms with Gasteiger partial charge in [-0.1, -0.05) is 0 Å². The number of imidazole rings is 1. The molecule has 0 spiro atoms. The lowest BCUT2D eigenvalue weighted by Crippen LogP contribution is -2.08. The van der Waals surface area contributed by atoms with Crippen molar-refractivity contribution in [1.82, 2.24) is 19.5 Å². The van der Waals surface area contributed by atoms with Gasteiger partial charge < -0.3 is 5.32 Å². The minimum absolute atomic E-state index is 0.00956. The number of nitrogens with one attached hydrogen (secondary N) is 1. The Hall–Kier alpha value is -4.07. The second-order valence-corrected chi connectivity index (χ2v) is 7.57. The lowest BCUT2D eigenvalue weighted by Gasteiger charge is -2.12. The molecular formula is C22H13F5N6. The fraction of sp³-hybridized carbons (Fsp3) is 0.182. The van der Waals surface area contributed by atoms with Crippen LogP contribution in [0.1, 0.15) is 35.8 Å². The van der Waals surface area contributed by atoms with Gasteiger partial charge in [-0.15, -0.1) is 0 Å². The first-order valence-electron chi connectivity index (χ1n) is 9.84. The molecule has 11 heteroatoms. The first-order valence-corrected chi connectivity index (χ1v) is 9.84. The zero-order chi connectivity index (χ0) is 23.3. The summed E-state index contributed by atoms with van der Waals surface area (Å²) < 4.78 is 67.5. The van der Waals surface area contributed by atoms with Crippen LogP contribution < -0.4 is 5.32 Å². The topological polar surface area (TPSA) is 79.4 Å². The Balaban J connectivity index is 1.55. The maximum Gasteiger partial charge on any atom is 0.416 e. The van der Waals surface area contributed by atoms with Gasteiger partial charge in [-0.2, -0.15) is 23.4 Å². The Bertz CT molecular complexity index is 1410. The Labute approximate surface area is 183 Å². The zero-order valence-electron chi connectivity index (χ0n) is 16.7. The van der Waals surface area contributed by atoms with Gasteiger partial charge in [0.25, 0.3) is 0 Å². The number of nitrogens with zero attached hydrogens (tertiary/aromatic N) is 5. The van der Waals surface area contributed by atoms with E-state index in [0.29, 0.717) is 11.5 Å². The molecule has 2 aromatic heterocycles. The van der Waals surface area contributed by atoms with Crippen molar-refractivity contribution in [3.05, 3.63) is 71.3 Å². The molecule has 0 bridgehead atoms. The molecule has 5 rings (SSSR count). The minimum Gasteiger partial charge on any atom is -0.324 e. The van der Waals surface area contributed by atoms with Crippen LogP contribution in [0.5, 0.6) is 0 Å². The Morgan fingerprint density at radius 3 is 2.36 bits per heavy atom. The molecule has 1 aliphatic rings. The van der Waals surface area contributed by atoms with Gasteiger partial charge in [0.15, 0.2) is 17.3 Å². The van der Waals surface area contributed by atoms with Crippen LogP contribution in [0.2, 0.25) is 0 Å². The van der Waals surface area contributed by atoms with E-state index in [0.717, 1.165) is 37.1 Å². The summed E-state index contributed by atoms with van der Waals surface area (Å²) in [4.78, 5) is 12.8. The van der Waals surface area contributed by atoms with Crippen LogP contribution in [0.15, 0.2) is 42.6 Å². The van der Waals surface area contributed by atoms with Gasteiger partial charge in [-0.25, -0.2) is 18.7 Å². The van der Waals surface area contributed by atoms with Gasteiger partial charge in [0.2, 0.25) is 5.95 Å². The van der Waals surface area contributed by atoms with Gasteiger partial charge in [-0.3, -0.25) is 4.57 Å². The summed E-state index contributed by atoms with van der Waals surface area (Å²) >= 11 is 0. The average molecular weight is 456 g/mol. The first-order chi connectivity index (χ1) is 15.7. The summed E-state index contributed by atoms with van der Waals surface area (Å²) in [5, 5.41) is 12.4. The maximum absolute atomic E-state index is 14.0. The molecule has 1 N–H and O–H groups in total. The molecule has 166 valence electrons. The summed E-state index contributed by atoms with van der Waals surface area (Å²) in [5.41, 5.74) is 0.191. The van der Waals surface area contributed by atoms with Crippen molar-refractivity contribution >= 4 is 22.7 Å². The highest BCUT2D eigenvalue weighted by Crippen LogP contribution is 2.42. The number of hydrogen-bond acceptors (Lipinski definition) is 5. The van der Waals surface area contributed by atoms with Crippen molar-refractivity contribution < 1.29 is 22.0 Å². The van der Waals surface area contributed by atoms with E-state index in [2.05, 4.69) is 20.3 Å². The van der Waals surface area contributed by atoms with Gasteiger partial charge in [0.05, 0.1) is 22.8 Å². The largest absolute Gasteiger partial charge is 0.416 e. The summed E-state index contributed by atoms with van der Waals surface area (Å²) in [5.74, 6) is -1.45. The van der Waals surface area contributed by atoms with Crippen LogP contribution in [-0.4, -0.2) is 19.5 Å². The van der Waals surface area contributed by atoms with Crippen LogP contribution in [-0.2, 0) is 6.18 Å². The number of halogens is 5. The molecule has 33 heavy (non-hydrogen) atoms. The zero-order valence-corrected chi connectivity index (χ0v) is 16.7. The molecule has 0 atom stereocenters. The van der Waals surface area contributed by atoms with Crippen molar-refractivity contribution in [2.24, 2.45) is 0 Å². The molecule has 0 aliphatic heterocycles. The summed E-state index contributed by atoms with van der Waals surface area (Å²) in [6, 6.07) is 8.24. The van der Waals surface area contributed by atoms with E-state index in [1.54, 1.807) is 4.57 Å². The van der Waals surface area contributed by atoms with Crippen molar-refractivity contribution in [1.29, 1.82) is 5.26 Å². The number of benzene rings is 2. The van der Waals surface area contributed by atoms with E-state index in [1.165, 1.54) is 18.3 Å². The quantitative estimate of drug-likeness (QED) is 0.404. The molecule has 2 aromatic carbocycles. The predicted molar refractivity (Wildman–Crippen MR) is 108 cm³/mol.